The zero-order valence-electron chi connectivity index (χ0n) is 12.1. The van der Waals surface area contributed by atoms with Crippen LogP contribution in [-0.2, 0) is 11.2 Å². The Bertz CT molecular complexity index is 582. The molecule has 0 radical (unpaired) electrons. The summed E-state index contributed by atoms with van der Waals surface area (Å²) in [6, 6.07) is 2.97. The summed E-state index contributed by atoms with van der Waals surface area (Å²) in [5, 5.41) is 27.0. The lowest BCUT2D eigenvalue weighted by Crippen LogP contribution is -2.35. The molecule has 1 heterocycles. The van der Waals surface area contributed by atoms with Gasteiger partial charge in [-0.05, 0) is 24.5 Å². The topological polar surface area (TPSA) is 104 Å². The fourth-order valence-corrected chi connectivity index (χ4v) is 2.31. The molecule has 0 saturated heterocycles. The molecule has 0 bridgehead atoms. The highest BCUT2D eigenvalue weighted by Crippen LogP contribution is 2.34. The Hall–Kier alpha value is -2.15. The molecule has 0 spiro atoms. The lowest BCUT2D eigenvalue weighted by atomic mass is 9.97. The minimum Gasteiger partial charge on any atom is -0.388 e. The maximum absolute atomic E-state index is 11.4. The zero-order chi connectivity index (χ0) is 15.6. The number of carbonyl (C=O) groups is 1. The summed E-state index contributed by atoms with van der Waals surface area (Å²) >= 11 is 0. The minimum atomic E-state index is -0.907. The van der Waals surface area contributed by atoms with Crippen LogP contribution in [0, 0.1) is 10.1 Å². The molecule has 0 unspecified atom stereocenters. The van der Waals surface area contributed by atoms with E-state index in [9.17, 15) is 20.0 Å². The van der Waals surface area contributed by atoms with Gasteiger partial charge in [-0.1, -0.05) is 13.8 Å². The molecule has 7 nitrogen and oxygen atoms in total. The van der Waals surface area contributed by atoms with Crippen molar-refractivity contribution < 1.29 is 14.8 Å². The fourth-order valence-electron chi connectivity index (χ4n) is 2.31. The number of hydrogen-bond donors (Lipinski definition) is 3. The first-order valence-electron chi connectivity index (χ1n) is 6.96. The smallest absolute Gasteiger partial charge is 0.292 e. The summed E-state index contributed by atoms with van der Waals surface area (Å²) in [6.07, 6.45) is 1.25. The third-order valence-corrected chi connectivity index (χ3v) is 3.97. The van der Waals surface area contributed by atoms with Crippen molar-refractivity contribution in [2.24, 2.45) is 0 Å². The van der Waals surface area contributed by atoms with Crippen LogP contribution in [0.4, 0.5) is 17.1 Å². The van der Waals surface area contributed by atoms with Crippen LogP contribution in [0.25, 0.3) is 0 Å². The Morgan fingerprint density at radius 2 is 2.10 bits per heavy atom. The van der Waals surface area contributed by atoms with Gasteiger partial charge in [0.25, 0.3) is 5.69 Å². The third-order valence-electron chi connectivity index (χ3n) is 3.97. The van der Waals surface area contributed by atoms with Crippen molar-refractivity contribution in [2.75, 3.05) is 17.2 Å². The van der Waals surface area contributed by atoms with Crippen molar-refractivity contribution in [1.82, 2.24) is 0 Å². The SMILES string of the molecule is CCC(O)(CC)CNc1cc2c(cc1[N+](=O)[O-])CC(=O)N2. The number of nitrogens with one attached hydrogen (secondary N) is 2. The van der Waals surface area contributed by atoms with Gasteiger partial charge < -0.3 is 15.7 Å². The molecule has 114 valence electrons. The highest BCUT2D eigenvalue weighted by molar-refractivity contribution is 6.00. The van der Waals surface area contributed by atoms with Gasteiger partial charge in [-0.15, -0.1) is 0 Å². The highest BCUT2D eigenvalue weighted by atomic mass is 16.6. The van der Waals surface area contributed by atoms with E-state index in [4.69, 9.17) is 0 Å². The molecule has 0 aromatic heterocycles. The van der Waals surface area contributed by atoms with Crippen molar-refractivity contribution in [3.8, 4) is 0 Å². The molecule has 1 amide bonds. The molecule has 0 saturated carbocycles. The Kier molecular flexibility index (Phi) is 4.13. The van der Waals surface area contributed by atoms with Crippen molar-refractivity contribution >= 4 is 23.0 Å². The summed E-state index contributed by atoms with van der Waals surface area (Å²) < 4.78 is 0. The van der Waals surface area contributed by atoms with E-state index in [0.717, 1.165) is 0 Å². The highest BCUT2D eigenvalue weighted by Gasteiger charge is 2.27. The monoisotopic (exact) mass is 293 g/mol. The summed E-state index contributed by atoms with van der Waals surface area (Å²) in [5.41, 5.74) is 0.528. The number of fused-ring (bicyclic) bond motifs is 1. The minimum absolute atomic E-state index is 0.0835. The van der Waals surface area contributed by atoms with Gasteiger partial charge in [0.1, 0.15) is 5.69 Å². The van der Waals surface area contributed by atoms with Gasteiger partial charge in [-0.3, -0.25) is 14.9 Å². The molecule has 7 heteroatoms. The first-order chi connectivity index (χ1) is 9.88. The summed E-state index contributed by atoms with van der Waals surface area (Å²) in [7, 11) is 0. The van der Waals surface area contributed by atoms with E-state index in [1.54, 1.807) is 6.07 Å². The van der Waals surface area contributed by atoms with E-state index in [1.807, 2.05) is 13.8 Å². The van der Waals surface area contributed by atoms with Crippen LogP contribution in [-0.4, -0.2) is 28.1 Å². The van der Waals surface area contributed by atoms with Gasteiger partial charge in [-0.2, -0.15) is 0 Å². The van der Waals surface area contributed by atoms with Crippen LogP contribution in [0.2, 0.25) is 0 Å². The maximum atomic E-state index is 11.4. The predicted molar refractivity (Wildman–Crippen MR) is 79.5 cm³/mol. The van der Waals surface area contributed by atoms with Crippen LogP contribution in [0.3, 0.4) is 0 Å². The number of nitrogens with zero attached hydrogens (tertiary/aromatic N) is 1. The number of carbonyl (C=O) groups excluding carboxylic acids is 1. The number of anilines is 2. The average molecular weight is 293 g/mol. The summed E-state index contributed by atoms with van der Waals surface area (Å²) in [6.45, 7) is 3.94. The number of amides is 1. The molecule has 2 rings (SSSR count). The number of rotatable bonds is 6. The molecule has 1 aliphatic rings. The molecule has 1 aromatic carbocycles. The second kappa shape index (κ2) is 5.69. The lowest BCUT2D eigenvalue weighted by molar-refractivity contribution is -0.384. The Balaban J connectivity index is 2.28. The van der Waals surface area contributed by atoms with Gasteiger partial charge in [-0.25, -0.2) is 0 Å². The second-order valence-corrected chi connectivity index (χ2v) is 5.29. The number of benzene rings is 1. The van der Waals surface area contributed by atoms with E-state index in [0.29, 0.717) is 29.8 Å². The standard InChI is InChI=1S/C14H19N3O4/c1-3-14(19,4-2)8-15-11-7-10-9(6-13(18)16-10)5-12(11)17(20)21/h5,7,15,19H,3-4,6,8H2,1-2H3,(H,16,18). The first-order valence-corrected chi connectivity index (χ1v) is 6.96. The largest absolute Gasteiger partial charge is 0.388 e. The molecule has 1 aromatic rings. The van der Waals surface area contributed by atoms with Crippen molar-refractivity contribution in [1.29, 1.82) is 0 Å². The summed E-state index contributed by atoms with van der Waals surface area (Å²) in [5.74, 6) is -0.171. The fraction of sp³-hybridized carbons (Fsp3) is 0.500. The molecule has 0 aliphatic carbocycles. The van der Waals surface area contributed by atoms with Crippen molar-refractivity contribution in [3.63, 3.8) is 0 Å². The maximum Gasteiger partial charge on any atom is 0.292 e. The number of nitro groups is 1. The Morgan fingerprint density at radius 1 is 1.43 bits per heavy atom. The van der Waals surface area contributed by atoms with E-state index in [1.165, 1.54) is 6.07 Å². The number of aliphatic hydroxyl groups is 1. The second-order valence-electron chi connectivity index (χ2n) is 5.29. The van der Waals surface area contributed by atoms with Gasteiger partial charge in [0, 0.05) is 18.3 Å². The molecular weight excluding hydrogens is 274 g/mol. The first kappa shape index (κ1) is 15.2. The molecular formula is C14H19N3O4. The van der Waals surface area contributed by atoms with Gasteiger partial charge in [0.05, 0.1) is 16.9 Å². The third kappa shape index (κ3) is 3.13. The van der Waals surface area contributed by atoms with E-state index >= 15 is 0 Å². The zero-order valence-corrected chi connectivity index (χ0v) is 12.1. The lowest BCUT2D eigenvalue weighted by Gasteiger charge is -2.26. The summed E-state index contributed by atoms with van der Waals surface area (Å²) in [4.78, 5) is 22.0. The van der Waals surface area contributed by atoms with Crippen molar-refractivity contribution in [2.45, 2.75) is 38.7 Å². The van der Waals surface area contributed by atoms with Gasteiger partial charge >= 0.3 is 0 Å². The van der Waals surface area contributed by atoms with E-state index < -0.39 is 10.5 Å². The van der Waals surface area contributed by atoms with Crippen molar-refractivity contribution in [3.05, 3.63) is 27.8 Å². The van der Waals surface area contributed by atoms with Gasteiger partial charge in [0.2, 0.25) is 5.91 Å². The van der Waals surface area contributed by atoms with Crippen LogP contribution < -0.4 is 10.6 Å². The molecule has 1 aliphatic heterocycles. The normalized spacial score (nSPS) is 13.8. The molecule has 0 atom stereocenters. The van der Waals surface area contributed by atoms with Crippen LogP contribution >= 0.6 is 0 Å². The number of nitro benzene ring substituents is 1. The van der Waals surface area contributed by atoms with Gasteiger partial charge in [0.15, 0.2) is 0 Å². The Morgan fingerprint density at radius 3 is 2.67 bits per heavy atom. The van der Waals surface area contributed by atoms with Crippen LogP contribution in [0.15, 0.2) is 12.1 Å². The Labute approximate surface area is 122 Å². The van der Waals surface area contributed by atoms with Crippen LogP contribution in [0.1, 0.15) is 32.3 Å². The molecule has 3 N–H and O–H groups in total. The van der Waals surface area contributed by atoms with Crippen LogP contribution in [0.5, 0.6) is 0 Å². The predicted octanol–water partition coefficient (Wildman–Crippen LogP) is 2.05. The average Bonchev–Trinajstić information content (AvgIpc) is 2.82. The number of hydrogen-bond acceptors (Lipinski definition) is 5. The van der Waals surface area contributed by atoms with E-state index in [-0.39, 0.29) is 24.6 Å². The molecule has 21 heavy (non-hydrogen) atoms. The van der Waals surface area contributed by atoms with E-state index in [2.05, 4.69) is 10.6 Å². The quantitative estimate of drug-likeness (QED) is 0.550. The molecule has 0 fully saturated rings.